The molecule has 0 bridgehead atoms. The van der Waals surface area contributed by atoms with Crippen molar-refractivity contribution in [2.24, 2.45) is 4.99 Å². The normalized spacial score (nSPS) is 10.8. The maximum atomic E-state index is 13.3. The summed E-state index contributed by atoms with van der Waals surface area (Å²) in [7, 11) is 3.37. The number of ether oxygens (including phenoxy) is 1. The van der Waals surface area contributed by atoms with Gasteiger partial charge in [0.15, 0.2) is 5.96 Å². The molecule has 0 atom stereocenters. The van der Waals surface area contributed by atoms with Gasteiger partial charge in [-0.1, -0.05) is 24.3 Å². The summed E-state index contributed by atoms with van der Waals surface area (Å²) in [6.45, 7) is 3.01. The lowest BCUT2D eigenvalue weighted by atomic mass is 10.1. The van der Waals surface area contributed by atoms with Crippen molar-refractivity contribution >= 4 is 29.9 Å². The SMILES string of the molecule is CN=C(NCc1ccc(OC)cc1)NCc1ccc(F)c(C)c1.I. The summed E-state index contributed by atoms with van der Waals surface area (Å²) in [4.78, 5) is 4.19. The Morgan fingerprint density at radius 1 is 1.04 bits per heavy atom. The molecule has 0 fully saturated rings. The van der Waals surface area contributed by atoms with Crippen LogP contribution in [0.2, 0.25) is 0 Å². The molecule has 2 rings (SSSR count). The average Bonchev–Trinajstić information content (AvgIpc) is 2.58. The van der Waals surface area contributed by atoms with E-state index >= 15 is 0 Å². The fourth-order valence-corrected chi connectivity index (χ4v) is 2.15. The third kappa shape index (κ3) is 5.99. The number of nitrogens with one attached hydrogen (secondary N) is 2. The van der Waals surface area contributed by atoms with E-state index in [2.05, 4.69) is 15.6 Å². The fraction of sp³-hybridized carbons (Fsp3) is 0.278. The van der Waals surface area contributed by atoms with Gasteiger partial charge < -0.3 is 15.4 Å². The summed E-state index contributed by atoms with van der Waals surface area (Å²) in [6, 6.07) is 12.9. The smallest absolute Gasteiger partial charge is 0.191 e. The number of benzene rings is 2. The summed E-state index contributed by atoms with van der Waals surface area (Å²) in [5, 5.41) is 6.46. The maximum absolute atomic E-state index is 13.3. The number of aliphatic imine (C=N–C) groups is 1. The van der Waals surface area contributed by atoms with E-state index < -0.39 is 0 Å². The van der Waals surface area contributed by atoms with E-state index in [-0.39, 0.29) is 29.8 Å². The molecule has 130 valence electrons. The Hall–Kier alpha value is -1.83. The molecule has 0 saturated carbocycles. The van der Waals surface area contributed by atoms with Crippen LogP contribution in [0.3, 0.4) is 0 Å². The van der Waals surface area contributed by atoms with Crippen LogP contribution in [0, 0.1) is 12.7 Å². The Morgan fingerprint density at radius 3 is 2.17 bits per heavy atom. The molecule has 4 nitrogen and oxygen atoms in total. The lowest BCUT2D eigenvalue weighted by molar-refractivity contribution is 0.414. The number of nitrogens with zero attached hydrogens (tertiary/aromatic N) is 1. The Kier molecular flexibility index (Phi) is 8.53. The third-order valence-corrected chi connectivity index (χ3v) is 3.52. The molecule has 0 radical (unpaired) electrons. The summed E-state index contributed by atoms with van der Waals surface area (Å²) >= 11 is 0. The first-order chi connectivity index (χ1) is 11.1. The Bertz CT molecular complexity index is 674. The third-order valence-electron chi connectivity index (χ3n) is 3.52. The van der Waals surface area contributed by atoms with Gasteiger partial charge in [-0.25, -0.2) is 4.39 Å². The molecule has 0 aliphatic heterocycles. The van der Waals surface area contributed by atoms with Crippen molar-refractivity contribution in [1.82, 2.24) is 10.6 Å². The molecule has 2 N–H and O–H groups in total. The van der Waals surface area contributed by atoms with Crippen LogP contribution in [0.4, 0.5) is 4.39 Å². The summed E-state index contributed by atoms with van der Waals surface area (Å²) in [5.74, 6) is 1.35. The summed E-state index contributed by atoms with van der Waals surface area (Å²) in [6.07, 6.45) is 0. The van der Waals surface area contributed by atoms with Gasteiger partial charge in [-0.15, -0.1) is 24.0 Å². The molecule has 0 heterocycles. The molecule has 24 heavy (non-hydrogen) atoms. The largest absolute Gasteiger partial charge is 0.497 e. The van der Waals surface area contributed by atoms with E-state index in [0.717, 1.165) is 16.9 Å². The predicted octanol–water partition coefficient (Wildman–Crippen LogP) is 3.63. The number of hydrogen-bond acceptors (Lipinski definition) is 2. The molecule has 6 heteroatoms. The fourth-order valence-electron chi connectivity index (χ4n) is 2.15. The van der Waals surface area contributed by atoms with E-state index in [1.165, 1.54) is 6.07 Å². The number of halogens is 2. The molecular formula is C18H23FIN3O. The molecule has 0 aromatic heterocycles. The second-order valence-electron chi connectivity index (χ2n) is 5.21. The van der Waals surface area contributed by atoms with Crippen LogP contribution in [0.15, 0.2) is 47.5 Å². The molecule has 0 unspecified atom stereocenters. The van der Waals surface area contributed by atoms with Gasteiger partial charge in [-0.05, 0) is 41.8 Å². The predicted molar refractivity (Wildman–Crippen MR) is 107 cm³/mol. The molecule has 0 aliphatic rings. The highest BCUT2D eigenvalue weighted by Crippen LogP contribution is 2.11. The van der Waals surface area contributed by atoms with Gasteiger partial charge in [-0.3, -0.25) is 4.99 Å². The first-order valence-electron chi connectivity index (χ1n) is 7.45. The topological polar surface area (TPSA) is 45.7 Å². The zero-order valence-corrected chi connectivity index (χ0v) is 16.4. The second kappa shape index (κ2) is 10.1. The van der Waals surface area contributed by atoms with Crippen LogP contribution in [-0.4, -0.2) is 20.1 Å². The zero-order valence-electron chi connectivity index (χ0n) is 14.1. The number of rotatable bonds is 5. The van der Waals surface area contributed by atoms with E-state index in [4.69, 9.17) is 4.74 Å². The van der Waals surface area contributed by atoms with E-state index in [0.29, 0.717) is 24.6 Å². The van der Waals surface area contributed by atoms with Gasteiger partial charge in [0.2, 0.25) is 0 Å². The highest BCUT2D eigenvalue weighted by atomic mass is 127. The van der Waals surface area contributed by atoms with Crippen molar-refractivity contribution in [3.8, 4) is 5.75 Å². The van der Waals surface area contributed by atoms with Crippen molar-refractivity contribution < 1.29 is 9.13 Å². The van der Waals surface area contributed by atoms with Crippen molar-refractivity contribution in [2.75, 3.05) is 14.2 Å². The van der Waals surface area contributed by atoms with Crippen molar-refractivity contribution in [3.63, 3.8) is 0 Å². The van der Waals surface area contributed by atoms with E-state index in [1.807, 2.05) is 30.3 Å². The van der Waals surface area contributed by atoms with Crippen LogP contribution < -0.4 is 15.4 Å². The van der Waals surface area contributed by atoms with E-state index in [9.17, 15) is 4.39 Å². The molecule has 0 spiro atoms. The highest BCUT2D eigenvalue weighted by molar-refractivity contribution is 14.0. The van der Waals surface area contributed by atoms with Gasteiger partial charge in [0.05, 0.1) is 7.11 Å². The molecule has 2 aromatic rings. The summed E-state index contributed by atoms with van der Waals surface area (Å²) < 4.78 is 18.4. The molecule has 0 aliphatic carbocycles. The minimum atomic E-state index is -0.184. The Labute approximate surface area is 159 Å². The van der Waals surface area contributed by atoms with Gasteiger partial charge in [-0.2, -0.15) is 0 Å². The first kappa shape index (κ1) is 20.2. The standard InChI is InChI=1S/C18H22FN3O.HI/c1-13-10-15(6-9-17(13)19)12-22-18(20-2)21-11-14-4-7-16(23-3)8-5-14;/h4-10H,11-12H2,1-3H3,(H2,20,21,22);1H. The monoisotopic (exact) mass is 443 g/mol. The molecule has 0 saturated heterocycles. The molecular weight excluding hydrogens is 420 g/mol. The van der Waals surface area contributed by atoms with Crippen LogP contribution in [-0.2, 0) is 13.1 Å². The van der Waals surface area contributed by atoms with Crippen molar-refractivity contribution in [3.05, 3.63) is 65.0 Å². The van der Waals surface area contributed by atoms with Gasteiger partial charge >= 0.3 is 0 Å². The number of aryl methyl sites for hydroxylation is 1. The van der Waals surface area contributed by atoms with E-state index in [1.54, 1.807) is 27.1 Å². The highest BCUT2D eigenvalue weighted by Gasteiger charge is 2.02. The number of guanidine groups is 1. The minimum absolute atomic E-state index is 0. The van der Waals surface area contributed by atoms with Crippen LogP contribution in [0.25, 0.3) is 0 Å². The average molecular weight is 443 g/mol. The Morgan fingerprint density at radius 2 is 1.62 bits per heavy atom. The quantitative estimate of drug-likeness (QED) is 0.422. The Balaban J connectivity index is 0.00000288. The number of methoxy groups -OCH3 is 1. The number of hydrogen-bond donors (Lipinski definition) is 2. The van der Waals surface area contributed by atoms with Crippen LogP contribution in [0.1, 0.15) is 16.7 Å². The van der Waals surface area contributed by atoms with Gasteiger partial charge in [0, 0.05) is 20.1 Å². The molecule has 2 aromatic carbocycles. The van der Waals surface area contributed by atoms with Crippen molar-refractivity contribution in [1.29, 1.82) is 0 Å². The van der Waals surface area contributed by atoms with Crippen LogP contribution >= 0.6 is 24.0 Å². The second-order valence-corrected chi connectivity index (χ2v) is 5.21. The zero-order chi connectivity index (χ0) is 16.7. The van der Waals surface area contributed by atoms with Gasteiger partial charge in [0.1, 0.15) is 11.6 Å². The van der Waals surface area contributed by atoms with Crippen molar-refractivity contribution in [2.45, 2.75) is 20.0 Å². The lowest BCUT2D eigenvalue weighted by Crippen LogP contribution is -2.36. The van der Waals surface area contributed by atoms with Crippen LogP contribution in [0.5, 0.6) is 5.75 Å². The van der Waals surface area contributed by atoms with Gasteiger partial charge in [0.25, 0.3) is 0 Å². The molecule has 0 amide bonds. The summed E-state index contributed by atoms with van der Waals surface area (Å²) in [5.41, 5.74) is 2.79. The maximum Gasteiger partial charge on any atom is 0.191 e. The minimum Gasteiger partial charge on any atom is -0.497 e. The first-order valence-corrected chi connectivity index (χ1v) is 7.45. The lowest BCUT2D eigenvalue weighted by Gasteiger charge is -2.12.